The molecule has 0 nitrogen and oxygen atoms in total. The number of rotatable bonds is 0. The van der Waals surface area contributed by atoms with Crippen molar-refractivity contribution in [2.45, 2.75) is 70.6 Å². The summed E-state index contributed by atoms with van der Waals surface area (Å²) in [6.45, 7) is 0. The molecule has 0 saturated heterocycles. The van der Waals surface area contributed by atoms with Crippen LogP contribution in [0.3, 0.4) is 0 Å². The highest BCUT2D eigenvalue weighted by molar-refractivity contribution is 4.98. The average molecular weight is 232 g/mol. The summed E-state index contributed by atoms with van der Waals surface area (Å²) in [4.78, 5) is 0. The molecule has 6 atom stereocenters. The van der Waals surface area contributed by atoms with Gasteiger partial charge in [-0.3, -0.25) is 0 Å². The maximum Gasteiger partial charge on any atom is -0.0352 e. The van der Waals surface area contributed by atoms with Crippen LogP contribution in [-0.4, -0.2) is 0 Å². The summed E-state index contributed by atoms with van der Waals surface area (Å²) in [6.07, 6.45) is 17.5. The third-order valence-electron chi connectivity index (χ3n) is 7.08. The molecule has 17 heavy (non-hydrogen) atoms. The Labute approximate surface area is 107 Å². The molecule has 0 amide bonds. The van der Waals surface area contributed by atoms with Gasteiger partial charge in [0.25, 0.3) is 0 Å². The Morgan fingerprint density at radius 1 is 0.353 bits per heavy atom. The van der Waals surface area contributed by atoms with Crippen LogP contribution in [0.1, 0.15) is 70.6 Å². The SMILES string of the molecule is C1CC[C@H]2[C@@H](C1)CC[C@@H]1[C@@H]2CC[C@@H]2CCC[C@H]21. The van der Waals surface area contributed by atoms with Gasteiger partial charge in [0, 0.05) is 0 Å². The van der Waals surface area contributed by atoms with Gasteiger partial charge in [-0.15, -0.1) is 0 Å². The Hall–Kier alpha value is 0. The maximum absolute atomic E-state index is 1.62. The van der Waals surface area contributed by atoms with E-state index in [-0.39, 0.29) is 0 Å². The Kier molecular flexibility index (Phi) is 2.74. The van der Waals surface area contributed by atoms with Crippen molar-refractivity contribution < 1.29 is 0 Å². The summed E-state index contributed by atoms with van der Waals surface area (Å²) >= 11 is 0. The molecule has 0 aliphatic heterocycles. The fourth-order valence-corrected chi connectivity index (χ4v) is 6.45. The minimum atomic E-state index is 1.16. The molecule has 4 fully saturated rings. The van der Waals surface area contributed by atoms with Gasteiger partial charge in [0.1, 0.15) is 0 Å². The van der Waals surface area contributed by atoms with Crippen LogP contribution in [0, 0.1) is 35.5 Å². The lowest BCUT2D eigenvalue weighted by molar-refractivity contribution is -0.0184. The minimum Gasteiger partial charge on any atom is -0.0530 e. The Morgan fingerprint density at radius 2 is 0.882 bits per heavy atom. The molecule has 4 saturated carbocycles. The number of hydrogen-bond donors (Lipinski definition) is 0. The van der Waals surface area contributed by atoms with Gasteiger partial charge in [-0.25, -0.2) is 0 Å². The highest BCUT2D eigenvalue weighted by Crippen LogP contribution is 2.57. The smallest absolute Gasteiger partial charge is 0.0352 e. The van der Waals surface area contributed by atoms with Crippen LogP contribution >= 0.6 is 0 Å². The Balaban J connectivity index is 1.56. The van der Waals surface area contributed by atoms with Crippen molar-refractivity contribution in [3.8, 4) is 0 Å². The molecule has 4 aliphatic carbocycles. The van der Waals surface area contributed by atoms with Gasteiger partial charge < -0.3 is 0 Å². The lowest BCUT2D eigenvalue weighted by Gasteiger charge is -2.51. The fraction of sp³-hybridized carbons (Fsp3) is 1.00. The summed E-state index contributed by atoms with van der Waals surface area (Å²) in [5, 5.41) is 0. The van der Waals surface area contributed by atoms with Gasteiger partial charge in [-0.05, 0) is 74.0 Å². The van der Waals surface area contributed by atoms with Crippen molar-refractivity contribution in [2.24, 2.45) is 35.5 Å². The van der Waals surface area contributed by atoms with Crippen molar-refractivity contribution in [3.05, 3.63) is 0 Å². The van der Waals surface area contributed by atoms with Gasteiger partial charge >= 0.3 is 0 Å². The predicted molar refractivity (Wildman–Crippen MR) is 71.7 cm³/mol. The first-order valence-electron chi connectivity index (χ1n) is 8.43. The molecule has 4 aliphatic rings. The summed E-state index contributed by atoms with van der Waals surface area (Å²) < 4.78 is 0. The largest absolute Gasteiger partial charge is 0.0530 e. The third kappa shape index (κ3) is 1.70. The molecule has 0 heterocycles. The normalized spacial score (nSPS) is 53.6. The molecule has 0 radical (unpaired) electrons. The van der Waals surface area contributed by atoms with Crippen molar-refractivity contribution in [1.82, 2.24) is 0 Å². The zero-order valence-corrected chi connectivity index (χ0v) is 11.2. The predicted octanol–water partition coefficient (Wildman–Crippen LogP) is 5.03. The second-order valence-electron chi connectivity index (χ2n) is 7.55. The van der Waals surface area contributed by atoms with Crippen LogP contribution < -0.4 is 0 Å². The fourth-order valence-electron chi connectivity index (χ4n) is 6.45. The summed E-state index contributed by atoms with van der Waals surface area (Å²) in [5.41, 5.74) is 0. The number of hydrogen-bond acceptors (Lipinski definition) is 0. The van der Waals surface area contributed by atoms with Gasteiger partial charge in [0.05, 0.1) is 0 Å². The van der Waals surface area contributed by atoms with E-state index in [1.807, 2.05) is 0 Å². The highest BCUT2D eigenvalue weighted by atomic mass is 14.5. The Bertz CT molecular complexity index is 282. The van der Waals surface area contributed by atoms with Gasteiger partial charge in [0.2, 0.25) is 0 Å². The van der Waals surface area contributed by atoms with E-state index >= 15 is 0 Å². The molecule has 0 bridgehead atoms. The first-order valence-corrected chi connectivity index (χ1v) is 8.43. The van der Waals surface area contributed by atoms with E-state index in [0.717, 1.165) is 11.8 Å². The molecule has 0 N–H and O–H groups in total. The van der Waals surface area contributed by atoms with Crippen LogP contribution in [0.25, 0.3) is 0 Å². The van der Waals surface area contributed by atoms with Crippen LogP contribution in [-0.2, 0) is 0 Å². The highest BCUT2D eigenvalue weighted by Gasteiger charge is 2.48. The van der Waals surface area contributed by atoms with Crippen molar-refractivity contribution in [2.75, 3.05) is 0 Å². The first kappa shape index (κ1) is 10.9. The lowest BCUT2D eigenvalue weighted by atomic mass is 9.54. The monoisotopic (exact) mass is 232 g/mol. The average Bonchev–Trinajstić information content (AvgIpc) is 2.86. The Morgan fingerprint density at radius 3 is 1.59 bits per heavy atom. The maximum atomic E-state index is 1.62. The molecule has 0 aromatic rings. The molecule has 0 unspecified atom stereocenters. The van der Waals surface area contributed by atoms with Crippen molar-refractivity contribution in [1.29, 1.82) is 0 Å². The van der Waals surface area contributed by atoms with Crippen LogP contribution in [0.2, 0.25) is 0 Å². The second-order valence-corrected chi connectivity index (χ2v) is 7.55. The van der Waals surface area contributed by atoms with Crippen LogP contribution in [0.15, 0.2) is 0 Å². The molecule has 0 aromatic carbocycles. The molecule has 0 spiro atoms. The standard InChI is InChI=1S/C17H28/c1-2-6-14-12(4-1)8-10-17-15-7-3-5-13(15)9-11-16(14)17/h12-17H,1-11H2/t12-,13-,14-,15+,16+,17-/m0/s1. The quantitative estimate of drug-likeness (QED) is 0.549. The third-order valence-corrected chi connectivity index (χ3v) is 7.08. The molecule has 96 valence electrons. The van der Waals surface area contributed by atoms with E-state index in [2.05, 4.69) is 0 Å². The zero-order chi connectivity index (χ0) is 11.2. The molecular weight excluding hydrogens is 204 g/mol. The lowest BCUT2D eigenvalue weighted by Crippen LogP contribution is -2.43. The van der Waals surface area contributed by atoms with E-state index < -0.39 is 0 Å². The van der Waals surface area contributed by atoms with Gasteiger partial charge in [0.15, 0.2) is 0 Å². The topological polar surface area (TPSA) is 0 Å². The van der Waals surface area contributed by atoms with Gasteiger partial charge in [-0.1, -0.05) is 32.1 Å². The van der Waals surface area contributed by atoms with Crippen molar-refractivity contribution in [3.63, 3.8) is 0 Å². The summed E-state index contributed by atoms with van der Waals surface area (Å²) in [5.74, 6) is 7.02. The number of fused-ring (bicyclic) bond motifs is 5. The van der Waals surface area contributed by atoms with E-state index in [1.165, 1.54) is 23.7 Å². The van der Waals surface area contributed by atoms with E-state index in [4.69, 9.17) is 0 Å². The van der Waals surface area contributed by atoms with Gasteiger partial charge in [-0.2, -0.15) is 0 Å². The molecular formula is C17H28. The minimum absolute atomic E-state index is 1.16. The first-order chi connectivity index (χ1) is 8.43. The van der Waals surface area contributed by atoms with E-state index in [0.29, 0.717) is 0 Å². The molecule has 4 rings (SSSR count). The van der Waals surface area contributed by atoms with Crippen LogP contribution in [0.5, 0.6) is 0 Å². The molecule has 0 heteroatoms. The second kappa shape index (κ2) is 4.28. The van der Waals surface area contributed by atoms with Crippen LogP contribution in [0.4, 0.5) is 0 Å². The van der Waals surface area contributed by atoms with E-state index in [1.54, 1.807) is 70.6 Å². The van der Waals surface area contributed by atoms with Crippen molar-refractivity contribution >= 4 is 0 Å². The summed E-state index contributed by atoms with van der Waals surface area (Å²) in [6, 6.07) is 0. The zero-order valence-electron chi connectivity index (χ0n) is 11.2. The van der Waals surface area contributed by atoms with E-state index in [9.17, 15) is 0 Å². The molecule has 0 aromatic heterocycles. The summed E-state index contributed by atoms with van der Waals surface area (Å²) in [7, 11) is 0.